The number of hydrogen-bond donors (Lipinski definition) is 0. The van der Waals surface area contributed by atoms with Crippen molar-refractivity contribution in [3.63, 3.8) is 0 Å². The third-order valence-electron chi connectivity index (χ3n) is 2.77. The molecule has 0 fully saturated rings. The van der Waals surface area contributed by atoms with E-state index >= 15 is 0 Å². The second kappa shape index (κ2) is 8.02. The lowest BCUT2D eigenvalue weighted by atomic mass is 9.92. The molecule has 84 valence electrons. The van der Waals surface area contributed by atoms with E-state index in [1.807, 2.05) is 0 Å². The normalized spacial score (nSPS) is 15.5. The van der Waals surface area contributed by atoms with E-state index in [2.05, 4.69) is 27.7 Å². The van der Waals surface area contributed by atoms with Gasteiger partial charge in [-0.2, -0.15) is 0 Å². The fraction of sp³-hybridized carbons (Fsp3) is 0.923. The molecule has 0 rings (SSSR count). The molecular formula is C13H26O. The van der Waals surface area contributed by atoms with Gasteiger partial charge in [0.05, 0.1) is 0 Å². The van der Waals surface area contributed by atoms with Gasteiger partial charge < -0.3 is 4.79 Å². The van der Waals surface area contributed by atoms with Crippen LogP contribution in [0.2, 0.25) is 0 Å². The molecule has 0 bridgehead atoms. The van der Waals surface area contributed by atoms with Crippen LogP contribution in [0.3, 0.4) is 0 Å². The summed E-state index contributed by atoms with van der Waals surface area (Å²) in [5.74, 6) is 2.24. The van der Waals surface area contributed by atoms with E-state index in [4.69, 9.17) is 0 Å². The van der Waals surface area contributed by atoms with E-state index in [1.165, 1.54) is 25.7 Å². The molecule has 0 aliphatic rings. The average Bonchev–Trinajstić information content (AvgIpc) is 2.02. The summed E-state index contributed by atoms with van der Waals surface area (Å²) in [6, 6.07) is 0. The number of carbonyl (C=O) groups excluding carboxylic acids is 1. The Hall–Kier alpha value is -0.330. The van der Waals surface area contributed by atoms with Crippen molar-refractivity contribution >= 4 is 6.29 Å². The molecule has 1 heteroatoms. The number of aldehydes is 1. The lowest BCUT2D eigenvalue weighted by molar-refractivity contribution is -0.108. The van der Waals surface area contributed by atoms with Crippen LogP contribution in [0.15, 0.2) is 0 Å². The first-order valence-corrected chi connectivity index (χ1v) is 5.99. The zero-order valence-electron chi connectivity index (χ0n) is 10.3. The Kier molecular flexibility index (Phi) is 7.83. The minimum absolute atomic E-state index is 0.582. The molecule has 0 saturated heterocycles. The van der Waals surface area contributed by atoms with Crippen LogP contribution in [0.25, 0.3) is 0 Å². The van der Waals surface area contributed by atoms with Gasteiger partial charge in [0.25, 0.3) is 0 Å². The molecule has 0 N–H and O–H groups in total. The fourth-order valence-corrected chi connectivity index (χ4v) is 2.02. The summed E-state index contributed by atoms with van der Waals surface area (Å²) in [6.07, 6.45) is 6.92. The van der Waals surface area contributed by atoms with Gasteiger partial charge in [-0.3, -0.25) is 0 Å². The van der Waals surface area contributed by atoms with Crippen molar-refractivity contribution in [2.75, 3.05) is 0 Å². The third-order valence-corrected chi connectivity index (χ3v) is 2.77. The Labute approximate surface area is 89.3 Å². The van der Waals surface area contributed by atoms with Crippen LogP contribution in [0, 0.1) is 17.8 Å². The summed E-state index contributed by atoms with van der Waals surface area (Å²) in [5.41, 5.74) is 0. The highest BCUT2D eigenvalue weighted by Gasteiger charge is 2.06. The van der Waals surface area contributed by atoms with Gasteiger partial charge in [-0.15, -0.1) is 0 Å². The van der Waals surface area contributed by atoms with E-state index in [0.29, 0.717) is 5.92 Å². The zero-order valence-corrected chi connectivity index (χ0v) is 10.3. The molecule has 0 radical (unpaired) electrons. The lowest BCUT2D eigenvalue weighted by Gasteiger charge is -2.14. The van der Waals surface area contributed by atoms with Crippen molar-refractivity contribution < 1.29 is 4.79 Å². The third kappa shape index (κ3) is 8.28. The van der Waals surface area contributed by atoms with Crippen LogP contribution in [0.1, 0.15) is 59.8 Å². The monoisotopic (exact) mass is 198 g/mol. The van der Waals surface area contributed by atoms with Gasteiger partial charge in [0.2, 0.25) is 0 Å². The molecule has 2 atom stereocenters. The van der Waals surface area contributed by atoms with E-state index < -0.39 is 0 Å². The summed E-state index contributed by atoms with van der Waals surface area (Å²) in [5, 5.41) is 0. The molecule has 0 aliphatic carbocycles. The summed E-state index contributed by atoms with van der Waals surface area (Å²) >= 11 is 0. The van der Waals surface area contributed by atoms with Crippen LogP contribution in [0.5, 0.6) is 0 Å². The maximum absolute atomic E-state index is 10.3. The standard InChI is InChI=1S/C13H26O/c1-11(2)10-13(4)7-5-6-12(3)8-9-14/h9,11-13H,5-8,10H2,1-4H3. The summed E-state index contributed by atoms with van der Waals surface area (Å²) in [7, 11) is 0. The van der Waals surface area contributed by atoms with Gasteiger partial charge in [0.1, 0.15) is 6.29 Å². The highest BCUT2D eigenvalue weighted by molar-refractivity contribution is 5.49. The highest BCUT2D eigenvalue weighted by atomic mass is 16.1. The summed E-state index contributed by atoms with van der Waals surface area (Å²) in [6.45, 7) is 9.07. The smallest absolute Gasteiger partial charge is 0.120 e. The molecule has 0 aromatic rings. The minimum atomic E-state index is 0.582. The Bertz CT molecular complexity index is 140. The largest absolute Gasteiger partial charge is 0.303 e. The molecule has 0 aromatic heterocycles. The zero-order chi connectivity index (χ0) is 11.0. The number of carbonyl (C=O) groups is 1. The van der Waals surface area contributed by atoms with E-state index in [-0.39, 0.29) is 0 Å². The predicted octanol–water partition coefficient (Wildman–Crippen LogP) is 4.06. The molecule has 0 spiro atoms. The Morgan fingerprint density at radius 2 is 1.57 bits per heavy atom. The van der Waals surface area contributed by atoms with E-state index in [1.54, 1.807) is 0 Å². The minimum Gasteiger partial charge on any atom is -0.303 e. The molecule has 1 nitrogen and oxygen atoms in total. The van der Waals surface area contributed by atoms with Crippen LogP contribution < -0.4 is 0 Å². The fourth-order valence-electron chi connectivity index (χ4n) is 2.02. The Balaban J connectivity index is 3.38. The van der Waals surface area contributed by atoms with Crippen molar-refractivity contribution in [2.45, 2.75) is 59.8 Å². The van der Waals surface area contributed by atoms with Gasteiger partial charge in [0.15, 0.2) is 0 Å². The van der Waals surface area contributed by atoms with Gasteiger partial charge >= 0.3 is 0 Å². The first-order valence-electron chi connectivity index (χ1n) is 5.99. The molecule has 0 saturated carbocycles. The van der Waals surface area contributed by atoms with Gasteiger partial charge in [-0.05, 0) is 24.2 Å². The lowest BCUT2D eigenvalue weighted by Crippen LogP contribution is -2.02. The van der Waals surface area contributed by atoms with Crippen molar-refractivity contribution in [1.82, 2.24) is 0 Å². The molecular weight excluding hydrogens is 172 g/mol. The van der Waals surface area contributed by atoms with Crippen LogP contribution in [-0.4, -0.2) is 6.29 Å². The van der Waals surface area contributed by atoms with Crippen molar-refractivity contribution in [1.29, 1.82) is 0 Å². The second-order valence-corrected chi connectivity index (χ2v) is 5.17. The molecule has 0 heterocycles. The van der Waals surface area contributed by atoms with Gasteiger partial charge in [-0.25, -0.2) is 0 Å². The quantitative estimate of drug-likeness (QED) is 0.537. The highest BCUT2D eigenvalue weighted by Crippen LogP contribution is 2.19. The summed E-state index contributed by atoms with van der Waals surface area (Å²) in [4.78, 5) is 10.3. The molecule has 0 aromatic carbocycles. The van der Waals surface area contributed by atoms with Gasteiger partial charge in [0, 0.05) is 6.42 Å². The van der Waals surface area contributed by atoms with Crippen LogP contribution >= 0.6 is 0 Å². The van der Waals surface area contributed by atoms with Crippen molar-refractivity contribution in [2.24, 2.45) is 17.8 Å². The Morgan fingerprint density at radius 1 is 1.00 bits per heavy atom. The van der Waals surface area contributed by atoms with Gasteiger partial charge in [-0.1, -0.05) is 47.0 Å². The van der Waals surface area contributed by atoms with Crippen LogP contribution in [0.4, 0.5) is 0 Å². The Morgan fingerprint density at radius 3 is 2.07 bits per heavy atom. The number of hydrogen-bond acceptors (Lipinski definition) is 1. The van der Waals surface area contributed by atoms with E-state index in [0.717, 1.165) is 24.5 Å². The van der Waals surface area contributed by atoms with E-state index in [9.17, 15) is 4.79 Å². The number of rotatable bonds is 8. The summed E-state index contributed by atoms with van der Waals surface area (Å²) < 4.78 is 0. The molecule has 2 unspecified atom stereocenters. The molecule has 0 aliphatic heterocycles. The maximum atomic E-state index is 10.3. The maximum Gasteiger partial charge on any atom is 0.120 e. The molecule has 14 heavy (non-hydrogen) atoms. The second-order valence-electron chi connectivity index (χ2n) is 5.17. The van der Waals surface area contributed by atoms with Crippen molar-refractivity contribution in [3.8, 4) is 0 Å². The van der Waals surface area contributed by atoms with Crippen molar-refractivity contribution in [3.05, 3.63) is 0 Å². The predicted molar refractivity (Wildman–Crippen MR) is 62.3 cm³/mol. The SMILES string of the molecule is CC(C)CC(C)CCCC(C)CC=O. The first kappa shape index (κ1) is 13.7. The van der Waals surface area contributed by atoms with Crippen LogP contribution in [-0.2, 0) is 4.79 Å². The average molecular weight is 198 g/mol. The topological polar surface area (TPSA) is 17.1 Å². The first-order chi connectivity index (χ1) is 6.56. The molecule has 0 amide bonds.